The maximum Gasteiger partial charge on any atom is 0.407 e. The summed E-state index contributed by atoms with van der Waals surface area (Å²) in [4.78, 5) is 117. The molecule has 3 heterocycles. The van der Waals surface area contributed by atoms with Gasteiger partial charge in [0.25, 0.3) is 0 Å². The lowest BCUT2D eigenvalue weighted by atomic mass is 9.71. The summed E-state index contributed by atoms with van der Waals surface area (Å²) in [6.07, 6.45) is 9.89. The Labute approximate surface area is 732 Å². The van der Waals surface area contributed by atoms with Crippen molar-refractivity contribution in [2.24, 2.45) is 35.0 Å². The molecule has 1 aliphatic carbocycles. The molecule has 0 aromatic heterocycles. The number of methoxy groups -OCH3 is 2. The first-order valence-electron chi connectivity index (χ1n) is 45.6. The fourth-order valence-corrected chi connectivity index (χ4v) is 18.3. The number of aliphatic hydroxyl groups excluding tert-OH is 9. The van der Waals surface area contributed by atoms with Crippen LogP contribution in [-0.4, -0.2) is 290 Å². The smallest absolute Gasteiger partial charge is 0.407 e. The predicted molar refractivity (Wildman–Crippen MR) is 458 cm³/mol. The number of unbranched alkanes of at least 4 members (excludes halogenated alkanes) is 13. The van der Waals surface area contributed by atoms with Crippen LogP contribution in [0.4, 0.5) is 4.79 Å². The molecule has 0 aromatic rings. The number of Topliss-reactive ketones (excluding diaryl/α,β-unsaturated/α-hetero) is 4. The molecule has 3 saturated heterocycles. The molecule has 0 aromatic carbocycles. The lowest BCUT2D eigenvalue weighted by Gasteiger charge is -2.40. The Kier molecular flexibility index (Phi) is 59.8. The van der Waals surface area contributed by atoms with Gasteiger partial charge in [-0.25, -0.2) is 4.79 Å². The number of amides is 3. The Balaban J connectivity index is 1.25. The summed E-state index contributed by atoms with van der Waals surface area (Å²) in [5.74, 6) is -0.607. The van der Waals surface area contributed by atoms with Crippen LogP contribution >= 0.6 is 21.6 Å². The lowest BCUT2D eigenvalue weighted by Crippen LogP contribution is -2.55. The Morgan fingerprint density at radius 3 is 1.20 bits per heavy atom. The second-order valence-electron chi connectivity index (χ2n) is 33.8. The molecular weight excluding hydrogens is 1630 g/mol. The third-order valence-electron chi connectivity index (χ3n) is 23.8. The fraction of sp³-hybridized carbons (Fsp3) is 0.898. The number of aliphatic hydroxyl groups is 9. The van der Waals surface area contributed by atoms with E-state index >= 15 is 0 Å². The molecule has 4 aliphatic rings. The minimum atomic E-state index is -1.22. The molecule has 0 bridgehead atoms. The summed E-state index contributed by atoms with van der Waals surface area (Å²) in [6.45, 7) is 6.48. The summed E-state index contributed by atoms with van der Waals surface area (Å²) in [5, 5.41) is 98.3. The van der Waals surface area contributed by atoms with Crippen LogP contribution in [0.2, 0.25) is 0 Å². The summed E-state index contributed by atoms with van der Waals surface area (Å²) >= 11 is 0. The van der Waals surface area contributed by atoms with Crippen molar-refractivity contribution in [1.29, 1.82) is 0 Å². The number of ketones is 4. The van der Waals surface area contributed by atoms with Crippen LogP contribution in [0.1, 0.15) is 278 Å². The molecule has 12 N–H and O–H groups in total. The molecule has 4 fully saturated rings. The van der Waals surface area contributed by atoms with Gasteiger partial charge in [0.2, 0.25) is 11.8 Å². The lowest BCUT2D eigenvalue weighted by molar-refractivity contribution is -0.282. The first-order valence-corrected chi connectivity index (χ1v) is 48.1. The molecular formula is C88H155N3O29S2. The topological polar surface area (TPSA) is 473 Å². The minimum absolute atomic E-state index is 0.0402. The van der Waals surface area contributed by atoms with Crippen LogP contribution < -0.4 is 16.0 Å². The van der Waals surface area contributed by atoms with Crippen molar-refractivity contribution in [2.75, 3.05) is 111 Å². The monoisotopic (exact) mass is 1780 g/mol. The molecule has 3 aliphatic heterocycles. The van der Waals surface area contributed by atoms with Crippen LogP contribution in [0, 0.1) is 35.0 Å². The van der Waals surface area contributed by atoms with E-state index in [9.17, 15) is 89.1 Å². The Hall–Kier alpha value is -4.15. The second-order valence-corrected chi connectivity index (χ2v) is 36.5. The first kappa shape index (κ1) is 110. The number of carbonyl (C=O) groups excluding carboxylic acids is 9. The average molecular weight is 1780 g/mol. The van der Waals surface area contributed by atoms with Gasteiger partial charge in [-0.2, -0.15) is 0 Å². The number of alkyl carbamates (subject to hydrolysis) is 1. The molecule has 708 valence electrons. The second kappa shape index (κ2) is 66.3. The SMILES string of the molecule is COC[C@H]1C[C@H](OC)CC1C(=O)CCCCC(=O)CCCSSCCC(=O)CC(CCCOC(=O)CCCCCCCNC(=O)CCCOC1OC(CO)C(O)C(O)C1C)(CCCOC(=O)CCCCCCCNC(=O)CCCOC1OC(CO)C(O)C(O)C1C)CCCOC(=O)NCCCCCCCC(=O)CCCOC1OC(CO)C(O)C(O)C1C. The van der Waals surface area contributed by atoms with E-state index in [1.165, 1.54) is 0 Å². The van der Waals surface area contributed by atoms with Crippen molar-refractivity contribution in [1.82, 2.24) is 16.0 Å². The highest BCUT2D eigenvalue weighted by atomic mass is 33.1. The third kappa shape index (κ3) is 45.7. The number of ether oxygens (including phenoxy) is 11. The summed E-state index contributed by atoms with van der Waals surface area (Å²) in [5.41, 5.74) is -0.638. The van der Waals surface area contributed by atoms with Gasteiger partial charge >= 0.3 is 18.0 Å². The quantitative estimate of drug-likeness (QED) is 0.0117. The highest BCUT2D eigenvalue weighted by molar-refractivity contribution is 8.76. The zero-order chi connectivity index (χ0) is 89.3. The van der Waals surface area contributed by atoms with Gasteiger partial charge in [0.15, 0.2) is 18.9 Å². The zero-order valence-electron chi connectivity index (χ0n) is 73.8. The molecule has 18 atom stereocenters. The highest BCUT2D eigenvalue weighted by Crippen LogP contribution is 2.41. The number of nitrogens with one attached hydrogen (secondary N) is 3. The van der Waals surface area contributed by atoms with Gasteiger partial charge in [0.1, 0.15) is 59.8 Å². The third-order valence-corrected chi connectivity index (χ3v) is 26.3. The molecule has 1 saturated carbocycles. The van der Waals surface area contributed by atoms with Crippen molar-refractivity contribution < 1.29 is 141 Å². The molecule has 0 radical (unpaired) electrons. The van der Waals surface area contributed by atoms with Crippen molar-refractivity contribution in [3.8, 4) is 0 Å². The maximum absolute atomic E-state index is 14.3. The number of esters is 2. The molecule has 4 rings (SSSR count). The number of hydrogen-bond donors (Lipinski definition) is 12. The Bertz CT molecular complexity index is 2650. The van der Waals surface area contributed by atoms with E-state index < -0.39 is 123 Å². The fourth-order valence-electron chi connectivity index (χ4n) is 16.2. The molecule has 32 nitrogen and oxygen atoms in total. The van der Waals surface area contributed by atoms with Gasteiger partial charge in [0, 0.05) is 146 Å². The molecule has 122 heavy (non-hydrogen) atoms. The van der Waals surface area contributed by atoms with E-state index in [4.69, 9.17) is 52.1 Å². The Morgan fingerprint density at radius 1 is 0.385 bits per heavy atom. The van der Waals surface area contributed by atoms with Crippen molar-refractivity contribution in [3.05, 3.63) is 0 Å². The normalized spacial score (nSPS) is 25.8. The van der Waals surface area contributed by atoms with Crippen molar-refractivity contribution in [2.45, 2.75) is 358 Å². The van der Waals surface area contributed by atoms with Crippen LogP contribution in [0.5, 0.6) is 0 Å². The average Bonchev–Trinajstić information content (AvgIpc) is 1.43. The van der Waals surface area contributed by atoms with E-state index in [0.29, 0.717) is 167 Å². The maximum atomic E-state index is 14.3. The van der Waals surface area contributed by atoms with Crippen LogP contribution in [-0.2, 0) is 90.5 Å². The van der Waals surface area contributed by atoms with Gasteiger partial charge in [-0.1, -0.05) is 100 Å². The number of hydrogen-bond acceptors (Lipinski definition) is 31. The number of rotatable bonds is 73. The summed E-state index contributed by atoms with van der Waals surface area (Å²) in [7, 11) is 6.52. The zero-order valence-corrected chi connectivity index (χ0v) is 75.4. The molecule has 3 amide bonds. The number of carbonyl (C=O) groups is 9. The van der Waals surface area contributed by atoms with Crippen LogP contribution in [0.3, 0.4) is 0 Å². The van der Waals surface area contributed by atoms with Crippen LogP contribution in [0.15, 0.2) is 0 Å². The minimum Gasteiger partial charge on any atom is -0.466 e. The van der Waals surface area contributed by atoms with E-state index in [1.807, 2.05) is 0 Å². The largest absolute Gasteiger partial charge is 0.466 e. The van der Waals surface area contributed by atoms with Crippen molar-refractivity contribution in [3.63, 3.8) is 0 Å². The van der Waals surface area contributed by atoms with Crippen LogP contribution in [0.25, 0.3) is 0 Å². The van der Waals surface area contributed by atoms with Gasteiger partial charge in [-0.3, -0.25) is 38.4 Å². The first-order chi connectivity index (χ1) is 58.8. The summed E-state index contributed by atoms with van der Waals surface area (Å²) < 4.78 is 62.2. The molecule has 16 unspecified atom stereocenters. The van der Waals surface area contributed by atoms with Gasteiger partial charge < -0.3 is 114 Å². The van der Waals surface area contributed by atoms with E-state index in [-0.39, 0.29) is 143 Å². The van der Waals surface area contributed by atoms with E-state index in [0.717, 1.165) is 89.2 Å². The molecule has 34 heteroatoms. The highest BCUT2D eigenvalue weighted by Gasteiger charge is 2.46. The Morgan fingerprint density at radius 2 is 0.762 bits per heavy atom. The van der Waals surface area contributed by atoms with Gasteiger partial charge in [-0.15, -0.1) is 0 Å². The van der Waals surface area contributed by atoms with E-state index in [2.05, 4.69) is 16.0 Å². The predicted octanol–water partition coefficient (Wildman–Crippen LogP) is 8.46. The van der Waals surface area contributed by atoms with Gasteiger partial charge in [-0.05, 0) is 140 Å². The standard InChI is InChI=1S/C88H155N3O29S2/c1-61-78(103)81(106)71(57-92)118-84(61)114-46-23-32-65(95)30-15-9-6-14-22-45-91-87(109)117-51-29-42-88(56-67(97)39-53-122-121-52-26-33-66(96)31-18-19-34-70(98)69-55-68(111-5)54-64(69)60-110-4,40-27-49-112-76(101)37-16-10-7-12-20-43-89-74(99)35-24-47-115-85-62(2)79(104)82(107)72(58-93)119-85)41-28-50-113-77(102)38-17-11-8-13-21-44-90-75(100)36-25-48-116-86-63(3)80(105)83(108)73(59-94)120-86/h61-64,68-69,71-73,78-86,92-94,103-108H,6-60H2,1-5H3,(H,89,99)(H,90,100)(H,91,109)/t61?,62?,63?,64-,68+,69?,71?,72?,73?,78?,79?,80?,81?,82?,83?,84?,85?,86?,88?/m1/s1. The molecule has 0 spiro atoms. The van der Waals surface area contributed by atoms with E-state index in [1.54, 1.807) is 56.6 Å². The van der Waals surface area contributed by atoms with Gasteiger partial charge in [0.05, 0.1) is 83.9 Å². The van der Waals surface area contributed by atoms with Crippen molar-refractivity contribution >= 4 is 74.6 Å². The summed E-state index contributed by atoms with van der Waals surface area (Å²) in [6, 6.07) is 0.